The number of carbonyl (C=O) groups excluding carboxylic acids is 2. The van der Waals surface area contributed by atoms with Gasteiger partial charge in [-0.05, 0) is 38.1 Å². The van der Waals surface area contributed by atoms with E-state index >= 15 is 0 Å². The molecule has 9 heteroatoms. The van der Waals surface area contributed by atoms with Gasteiger partial charge >= 0.3 is 11.9 Å². The van der Waals surface area contributed by atoms with Gasteiger partial charge in [-0.1, -0.05) is 0 Å². The Morgan fingerprint density at radius 1 is 1.13 bits per heavy atom. The molecule has 1 heterocycles. The second-order valence-electron chi connectivity index (χ2n) is 4.77. The molecule has 1 atom stereocenters. The van der Waals surface area contributed by atoms with E-state index in [2.05, 4.69) is 0 Å². The zero-order chi connectivity index (χ0) is 17.3. The topological polar surface area (TPSA) is 89.8 Å². The van der Waals surface area contributed by atoms with Crippen LogP contribution in [0.1, 0.15) is 13.8 Å². The molecule has 1 aromatic rings. The molecular weight excluding hydrogens is 329 g/mol. The van der Waals surface area contributed by atoms with E-state index in [4.69, 9.17) is 9.47 Å². The van der Waals surface area contributed by atoms with E-state index in [1.54, 1.807) is 0 Å². The van der Waals surface area contributed by atoms with Gasteiger partial charge in [0.25, 0.3) is 0 Å². The average Bonchev–Trinajstić information content (AvgIpc) is 3.26. The molecule has 2 rings (SSSR count). The van der Waals surface area contributed by atoms with Gasteiger partial charge in [0.1, 0.15) is 5.82 Å². The van der Waals surface area contributed by atoms with E-state index < -0.39 is 33.3 Å². The maximum atomic E-state index is 12.9. The number of rotatable bonds is 6. The van der Waals surface area contributed by atoms with Crippen molar-refractivity contribution >= 4 is 22.0 Å². The molecular formula is C14H16FNO6S. The van der Waals surface area contributed by atoms with Crippen LogP contribution in [0.15, 0.2) is 29.2 Å². The Morgan fingerprint density at radius 3 is 2.04 bits per heavy atom. The molecule has 1 aliphatic heterocycles. The third-order valence-electron chi connectivity index (χ3n) is 3.32. The molecule has 1 saturated heterocycles. The van der Waals surface area contributed by atoms with Crippen LogP contribution in [0.4, 0.5) is 4.39 Å². The highest BCUT2D eigenvalue weighted by Gasteiger charge is 2.72. The summed E-state index contributed by atoms with van der Waals surface area (Å²) >= 11 is 0. The highest BCUT2D eigenvalue weighted by Crippen LogP contribution is 2.41. The monoisotopic (exact) mass is 345 g/mol. The SMILES string of the molecule is CCOC(=O)C1(C(=O)OCC)CN1S(=O)(=O)c1ccc(F)cc1. The molecule has 1 aliphatic rings. The lowest BCUT2D eigenvalue weighted by Gasteiger charge is -2.15. The van der Waals surface area contributed by atoms with Crippen LogP contribution >= 0.6 is 0 Å². The Kier molecular flexibility index (Phi) is 4.71. The molecule has 1 fully saturated rings. The number of halogens is 1. The summed E-state index contributed by atoms with van der Waals surface area (Å²) in [5.74, 6) is -2.56. The fraction of sp³-hybridized carbons (Fsp3) is 0.429. The minimum Gasteiger partial charge on any atom is -0.464 e. The van der Waals surface area contributed by atoms with Crippen LogP contribution in [0.3, 0.4) is 0 Å². The van der Waals surface area contributed by atoms with Crippen LogP contribution in [-0.4, -0.2) is 50.0 Å². The van der Waals surface area contributed by atoms with Gasteiger partial charge in [0.15, 0.2) is 0 Å². The molecule has 0 saturated carbocycles. The van der Waals surface area contributed by atoms with Crippen LogP contribution in [0.2, 0.25) is 0 Å². The number of hydrogen-bond donors (Lipinski definition) is 0. The Balaban J connectivity index is 2.37. The van der Waals surface area contributed by atoms with Crippen molar-refractivity contribution in [2.24, 2.45) is 0 Å². The van der Waals surface area contributed by atoms with Gasteiger partial charge in [-0.3, -0.25) is 0 Å². The molecule has 0 N–H and O–H groups in total. The molecule has 0 amide bonds. The first-order valence-corrected chi connectivity index (χ1v) is 8.37. The van der Waals surface area contributed by atoms with Crippen molar-refractivity contribution in [1.82, 2.24) is 4.31 Å². The average molecular weight is 345 g/mol. The van der Waals surface area contributed by atoms with Crippen LogP contribution < -0.4 is 0 Å². The third-order valence-corrected chi connectivity index (χ3v) is 5.21. The van der Waals surface area contributed by atoms with E-state index in [1.807, 2.05) is 0 Å². The zero-order valence-corrected chi connectivity index (χ0v) is 13.4. The Bertz CT molecular complexity index is 697. The van der Waals surface area contributed by atoms with Gasteiger partial charge in [0, 0.05) is 0 Å². The van der Waals surface area contributed by atoms with E-state index in [9.17, 15) is 22.4 Å². The summed E-state index contributed by atoms with van der Waals surface area (Å²) in [6, 6.07) is 4.08. The lowest BCUT2D eigenvalue weighted by Crippen LogP contribution is -2.42. The van der Waals surface area contributed by atoms with Crippen LogP contribution in [0.5, 0.6) is 0 Å². The van der Waals surface area contributed by atoms with E-state index in [1.165, 1.54) is 13.8 Å². The van der Waals surface area contributed by atoms with Crippen molar-refractivity contribution < 1.29 is 31.9 Å². The standard InChI is InChI=1S/C14H16FNO6S/c1-3-21-12(17)14(13(18)22-4-2)9-16(14)23(19,20)11-7-5-10(15)6-8-11/h5-8H,3-4,9H2,1-2H3. The Labute approximate surface area is 133 Å². The Morgan fingerprint density at radius 2 is 1.61 bits per heavy atom. The van der Waals surface area contributed by atoms with Gasteiger partial charge < -0.3 is 9.47 Å². The summed E-state index contributed by atoms with van der Waals surface area (Å²) in [6.45, 7) is 2.69. The number of benzene rings is 1. The number of nitrogens with zero attached hydrogens (tertiary/aromatic N) is 1. The molecule has 0 radical (unpaired) electrons. The molecule has 0 aliphatic carbocycles. The van der Waals surface area contributed by atoms with Gasteiger partial charge in [-0.2, -0.15) is 4.31 Å². The Hall–Kier alpha value is -2.00. The minimum atomic E-state index is -4.15. The van der Waals surface area contributed by atoms with E-state index in [-0.39, 0.29) is 24.7 Å². The number of carbonyl (C=O) groups is 2. The molecule has 0 aromatic heterocycles. The smallest absolute Gasteiger partial charge is 0.340 e. The number of esters is 2. The molecule has 1 aromatic carbocycles. The molecule has 7 nitrogen and oxygen atoms in total. The summed E-state index contributed by atoms with van der Waals surface area (Å²) in [5.41, 5.74) is -2.00. The number of ether oxygens (including phenoxy) is 2. The summed E-state index contributed by atoms with van der Waals surface area (Å²) in [6.07, 6.45) is 0. The summed E-state index contributed by atoms with van der Waals surface area (Å²) in [7, 11) is -4.15. The third kappa shape index (κ3) is 2.93. The second-order valence-corrected chi connectivity index (χ2v) is 6.63. The van der Waals surface area contributed by atoms with Crippen molar-refractivity contribution in [2.45, 2.75) is 24.3 Å². The van der Waals surface area contributed by atoms with Crippen molar-refractivity contribution in [3.63, 3.8) is 0 Å². The molecule has 126 valence electrons. The second kappa shape index (κ2) is 6.25. The van der Waals surface area contributed by atoms with Crippen LogP contribution in [-0.2, 0) is 29.1 Å². The summed E-state index contributed by atoms with van der Waals surface area (Å²) in [5, 5.41) is 0. The molecule has 1 unspecified atom stereocenters. The van der Waals surface area contributed by atoms with Crippen molar-refractivity contribution in [2.75, 3.05) is 19.8 Å². The summed E-state index contributed by atoms with van der Waals surface area (Å²) in [4.78, 5) is 24.0. The normalized spacial score (nSPS) is 19.0. The maximum absolute atomic E-state index is 12.9. The van der Waals surface area contributed by atoms with Crippen LogP contribution in [0, 0.1) is 5.82 Å². The molecule has 0 bridgehead atoms. The van der Waals surface area contributed by atoms with Crippen molar-refractivity contribution in [1.29, 1.82) is 0 Å². The quantitative estimate of drug-likeness (QED) is 0.428. The number of hydrogen-bond acceptors (Lipinski definition) is 6. The summed E-state index contributed by atoms with van der Waals surface area (Å²) < 4.78 is 48.3. The van der Waals surface area contributed by atoms with Crippen molar-refractivity contribution in [3.05, 3.63) is 30.1 Å². The van der Waals surface area contributed by atoms with E-state index in [0.29, 0.717) is 4.31 Å². The van der Waals surface area contributed by atoms with Gasteiger partial charge in [0.05, 0.1) is 24.7 Å². The molecule has 23 heavy (non-hydrogen) atoms. The first-order valence-electron chi connectivity index (χ1n) is 6.93. The fourth-order valence-electron chi connectivity index (χ4n) is 2.11. The first kappa shape index (κ1) is 17.4. The van der Waals surface area contributed by atoms with Gasteiger partial charge in [-0.25, -0.2) is 22.4 Å². The highest BCUT2D eigenvalue weighted by molar-refractivity contribution is 7.89. The minimum absolute atomic E-state index is 0.00950. The fourth-order valence-corrected chi connectivity index (χ4v) is 3.76. The predicted octanol–water partition coefficient (Wildman–Crippen LogP) is 0.695. The van der Waals surface area contributed by atoms with Gasteiger partial charge in [-0.15, -0.1) is 0 Å². The van der Waals surface area contributed by atoms with Gasteiger partial charge in [0.2, 0.25) is 15.6 Å². The molecule has 0 spiro atoms. The first-order chi connectivity index (χ1) is 10.8. The van der Waals surface area contributed by atoms with Crippen LogP contribution in [0.25, 0.3) is 0 Å². The number of sulfonamides is 1. The van der Waals surface area contributed by atoms with Crippen molar-refractivity contribution in [3.8, 4) is 0 Å². The van der Waals surface area contributed by atoms with E-state index in [0.717, 1.165) is 24.3 Å². The predicted molar refractivity (Wildman–Crippen MR) is 76.3 cm³/mol. The highest BCUT2D eigenvalue weighted by atomic mass is 32.2. The maximum Gasteiger partial charge on any atom is 0.340 e. The largest absolute Gasteiger partial charge is 0.464 e. The lowest BCUT2D eigenvalue weighted by molar-refractivity contribution is -0.159. The zero-order valence-electron chi connectivity index (χ0n) is 12.6. The lowest BCUT2D eigenvalue weighted by atomic mass is 10.1.